The number of benzene rings is 4. The molecule has 4 aromatic carbocycles. The average Bonchev–Trinajstić information content (AvgIpc) is 3.60. The van der Waals surface area contributed by atoms with Crippen molar-refractivity contribution in [2.75, 3.05) is 0 Å². The summed E-state index contributed by atoms with van der Waals surface area (Å²) in [6, 6.07) is 33.1. The Kier molecular flexibility index (Phi) is 8.95. The van der Waals surface area contributed by atoms with E-state index in [4.69, 9.17) is 0 Å². The minimum Gasteiger partial charge on any atom is -0.0655 e. The van der Waals surface area contributed by atoms with Crippen molar-refractivity contribution >= 4 is 18.5 Å². The molecule has 0 nitrogen and oxygen atoms in total. The van der Waals surface area contributed by atoms with Crippen LogP contribution in [-0.4, -0.2) is 8.07 Å². The van der Waals surface area contributed by atoms with Crippen LogP contribution in [-0.2, 0) is 12.8 Å². The Balaban J connectivity index is 1.55. The molecule has 0 aromatic heterocycles. The van der Waals surface area contributed by atoms with E-state index in [9.17, 15) is 0 Å². The highest BCUT2D eigenvalue weighted by Crippen LogP contribution is 2.53. The van der Waals surface area contributed by atoms with E-state index in [0.717, 1.165) is 12.8 Å². The molecule has 0 bridgehead atoms. The number of rotatable bonds is 10. The van der Waals surface area contributed by atoms with Crippen molar-refractivity contribution in [2.45, 2.75) is 105 Å². The summed E-state index contributed by atoms with van der Waals surface area (Å²) >= 11 is 0. The van der Waals surface area contributed by atoms with Gasteiger partial charge in [-0.05, 0) is 104 Å². The van der Waals surface area contributed by atoms with Crippen molar-refractivity contribution < 1.29 is 0 Å². The Labute approximate surface area is 274 Å². The van der Waals surface area contributed by atoms with Crippen molar-refractivity contribution in [3.05, 3.63) is 129 Å². The Morgan fingerprint density at radius 2 is 0.911 bits per heavy atom. The minimum atomic E-state index is -2.17. The van der Waals surface area contributed by atoms with Crippen molar-refractivity contribution in [3.63, 3.8) is 0 Å². The fraction of sp³-hybridized carbons (Fsp3) is 0.364. The van der Waals surface area contributed by atoms with E-state index in [1.807, 2.05) is 0 Å². The van der Waals surface area contributed by atoms with Gasteiger partial charge in [-0.3, -0.25) is 0 Å². The summed E-state index contributed by atoms with van der Waals surface area (Å²) in [5, 5.41) is 3.45. The molecule has 0 heterocycles. The molecule has 0 N–H and O–H groups in total. The van der Waals surface area contributed by atoms with Crippen LogP contribution in [0.5, 0.6) is 0 Å². The average molecular weight is 609 g/mol. The SMILES string of the molecule is CCCC1=C([Si](C)(C)C2=C(CCC)Cc3cccc(-c4ccc(C(C)C)cc4)c32)c2c(cccc2-c2ccc(C(C)C)cc2)C1. The maximum atomic E-state index is 2.68. The number of fused-ring (bicyclic) bond motifs is 2. The van der Waals surface area contributed by atoms with Gasteiger partial charge >= 0.3 is 0 Å². The van der Waals surface area contributed by atoms with Gasteiger partial charge in [-0.1, -0.05) is 164 Å². The van der Waals surface area contributed by atoms with Crippen LogP contribution in [0.3, 0.4) is 0 Å². The zero-order chi connectivity index (χ0) is 31.9. The molecule has 4 aromatic rings. The Hall–Kier alpha value is -3.42. The standard InChI is InChI=1S/C44H52Si/c1-9-13-37-27-35-15-11-17-39(33-23-19-31(20-24-33)29(3)4)41(35)43(37)45(7,8)44-38(14-10-2)28-36-16-12-18-40(42(36)44)34-25-21-32(22-26-34)30(5)6/h11-12,15-26,29-30H,9-10,13-14,27-28H2,1-8H3. The van der Waals surface area contributed by atoms with Gasteiger partial charge in [0.15, 0.2) is 0 Å². The lowest BCUT2D eigenvalue weighted by Gasteiger charge is -2.33. The van der Waals surface area contributed by atoms with Crippen molar-refractivity contribution in [3.8, 4) is 22.3 Å². The molecule has 0 unspecified atom stereocenters. The van der Waals surface area contributed by atoms with Gasteiger partial charge in [0.1, 0.15) is 8.07 Å². The second-order valence-corrected chi connectivity index (χ2v) is 18.9. The Morgan fingerprint density at radius 1 is 0.533 bits per heavy atom. The van der Waals surface area contributed by atoms with Crippen molar-refractivity contribution in [1.29, 1.82) is 0 Å². The molecule has 0 amide bonds. The fourth-order valence-electron chi connectivity index (χ4n) is 8.32. The van der Waals surface area contributed by atoms with Crippen molar-refractivity contribution in [2.24, 2.45) is 0 Å². The quantitative estimate of drug-likeness (QED) is 0.157. The van der Waals surface area contributed by atoms with E-state index in [1.165, 1.54) is 70.2 Å². The smallest absolute Gasteiger partial charge is 0.0655 e. The van der Waals surface area contributed by atoms with Gasteiger partial charge in [0.05, 0.1) is 0 Å². The Bertz CT molecular complexity index is 1630. The molecule has 0 atom stereocenters. The predicted molar refractivity (Wildman–Crippen MR) is 200 cm³/mol. The largest absolute Gasteiger partial charge is 0.113 e. The van der Waals surface area contributed by atoms with Gasteiger partial charge in [0.2, 0.25) is 0 Å². The minimum absolute atomic E-state index is 0.542. The second kappa shape index (κ2) is 12.8. The molecule has 0 saturated heterocycles. The molecular formula is C44H52Si. The van der Waals surface area contributed by atoms with Crippen molar-refractivity contribution in [1.82, 2.24) is 0 Å². The van der Waals surface area contributed by atoms with Gasteiger partial charge in [-0.25, -0.2) is 0 Å². The van der Waals surface area contributed by atoms with Crippen LogP contribution in [0.15, 0.2) is 96.1 Å². The molecule has 6 rings (SSSR count). The number of hydrogen-bond acceptors (Lipinski definition) is 0. The van der Waals surface area contributed by atoms with E-state index in [1.54, 1.807) is 32.7 Å². The zero-order valence-corrected chi connectivity index (χ0v) is 30.0. The van der Waals surface area contributed by atoms with E-state index < -0.39 is 8.07 Å². The van der Waals surface area contributed by atoms with E-state index in [0.29, 0.717) is 11.8 Å². The predicted octanol–water partition coefficient (Wildman–Crippen LogP) is 13.0. The number of allylic oxidation sites excluding steroid dienone is 2. The summed E-state index contributed by atoms with van der Waals surface area (Å²) < 4.78 is 0. The molecule has 0 saturated carbocycles. The molecule has 0 spiro atoms. The van der Waals surface area contributed by atoms with Crippen LogP contribution in [0.4, 0.5) is 0 Å². The van der Waals surface area contributed by atoms with E-state index in [-0.39, 0.29) is 0 Å². The summed E-state index contributed by atoms with van der Waals surface area (Å²) in [5.74, 6) is 1.08. The lowest BCUT2D eigenvalue weighted by molar-refractivity contribution is 0.867. The molecule has 1 heteroatoms. The molecule has 2 aliphatic rings. The normalized spacial score (nSPS) is 14.6. The third-order valence-electron chi connectivity index (χ3n) is 10.4. The second-order valence-electron chi connectivity index (χ2n) is 14.7. The molecule has 0 aliphatic heterocycles. The highest BCUT2D eigenvalue weighted by Gasteiger charge is 2.43. The molecule has 0 fully saturated rings. The van der Waals surface area contributed by atoms with E-state index >= 15 is 0 Å². The topological polar surface area (TPSA) is 0 Å². The highest BCUT2D eigenvalue weighted by molar-refractivity contribution is 7.09. The first-order chi connectivity index (χ1) is 21.6. The van der Waals surface area contributed by atoms with Crippen LogP contribution in [0, 0.1) is 0 Å². The maximum absolute atomic E-state index is 2.68. The molecule has 45 heavy (non-hydrogen) atoms. The third-order valence-corrected chi connectivity index (χ3v) is 14.2. The first kappa shape index (κ1) is 31.6. The highest BCUT2D eigenvalue weighted by atomic mass is 28.3. The molecule has 232 valence electrons. The van der Waals surface area contributed by atoms with Gasteiger partial charge in [-0.15, -0.1) is 0 Å². The van der Waals surface area contributed by atoms with Crippen LogP contribution < -0.4 is 0 Å². The summed E-state index contributed by atoms with van der Waals surface area (Å²) in [4.78, 5) is 0. The van der Waals surface area contributed by atoms with Gasteiger partial charge in [-0.2, -0.15) is 0 Å². The first-order valence-electron chi connectivity index (χ1n) is 17.6. The van der Waals surface area contributed by atoms with Crippen LogP contribution in [0.25, 0.3) is 32.6 Å². The van der Waals surface area contributed by atoms with Gasteiger partial charge in [0, 0.05) is 0 Å². The number of hydrogen-bond donors (Lipinski definition) is 0. The molecule has 0 radical (unpaired) electrons. The Morgan fingerprint density at radius 3 is 1.24 bits per heavy atom. The lowest BCUT2D eigenvalue weighted by Crippen LogP contribution is -2.32. The van der Waals surface area contributed by atoms with Crippen LogP contribution in [0.2, 0.25) is 13.1 Å². The summed E-state index contributed by atoms with van der Waals surface area (Å²) in [6.45, 7) is 19.2. The van der Waals surface area contributed by atoms with Crippen LogP contribution in [0.1, 0.15) is 112 Å². The summed E-state index contributed by atoms with van der Waals surface area (Å²) in [5.41, 5.74) is 18.0. The fourth-order valence-corrected chi connectivity index (χ4v) is 12.6. The maximum Gasteiger partial charge on any atom is 0.113 e. The van der Waals surface area contributed by atoms with Gasteiger partial charge < -0.3 is 0 Å². The summed E-state index contributed by atoms with van der Waals surface area (Å²) in [7, 11) is -2.17. The zero-order valence-electron chi connectivity index (χ0n) is 29.0. The van der Waals surface area contributed by atoms with E-state index in [2.05, 4.69) is 140 Å². The monoisotopic (exact) mass is 608 g/mol. The third kappa shape index (κ3) is 5.74. The molecular weight excluding hydrogens is 557 g/mol. The molecule has 2 aliphatic carbocycles. The lowest BCUT2D eigenvalue weighted by atomic mass is 9.94. The van der Waals surface area contributed by atoms with Gasteiger partial charge in [0.25, 0.3) is 0 Å². The summed E-state index contributed by atoms with van der Waals surface area (Å²) in [6.07, 6.45) is 6.98. The first-order valence-corrected chi connectivity index (χ1v) is 20.6. The van der Waals surface area contributed by atoms with Crippen LogP contribution >= 0.6 is 0 Å².